The van der Waals surface area contributed by atoms with Crippen LogP contribution in [-0.4, -0.2) is 34.1 Å². The summed E-state index contributed by atoms with van der Waals surface area (Å²) in [5.41, 5.74) is 0.518. The number of carboxylic acid groups (broad SMARTS) is 1. The number of aliphatic carboxylic acids is 1. The molecule has 0 spiro atoms. The second kappa shape index (κ2) is 6.35. The molecule has 1 aromatic carbocycles. The van der Waals surface area contributed by atoms with Crippen LogP contribution >= 0.6 is 12.2 Å². The first-order valence-electron chi connectivity index (χ1n) is 6.24. The summed E-state index contributed by atoms with van der Waals surface area (Å²) in [6, 6.07) is 6.30. The van der Waals surface area contributed by atoms with Crippen molar-refractivity contribution in [2.75, 3.05) is 0 Å². The summed E-state index contributed by atoms with van der Waals surface area (Å²) in [4.78, 5) is 34.1. The molecule has 8 heteroatoms. The van der Waals surface area contributed by atoms with E-state index in [0.29, 0.717) is 11.3 Å². The summed E-state index contributed by atoms with van der Waals surface area (Å²) < 4.78 is 5.18. The molecule has 3 N–H and O–H groups in total. The van der Waals surface area contributed by atoms with Crippen LogP contribution in [0.15, 0.2) is 29.8 Å². The number of amides is 2. The van der Waals surface area contributed by atoms with Crippen molar-refractivity contribution in [1.82, 2.24) is 10.6 Å². The van der Waals surface area contributed by atoms with Crippen molar-refractivity contribution < 1.29 is 24.2 Å². The van der Waals surface area contributed by atoms with Gasteiger partial charge >= 0.3 is 5.97 Å². The summed E-state index contributed by atoms with van der Waals surface area (Å²) in [6.07, 6.45) is 0.428. The fourth-order valence-corrected chi connectivity index (χ4v) is 1.86. The van der Waals surface area contributed by atoms with E-state index in [1.165, 1.54) is 13.0 Å². The molecule has 1 atom stereocenters. The van der Waals surface area contributed by atoms with Crippen LogP contribution in [0.1, 0.15) is 12.5 Å². The molecule has 1 saturated heterocycles. The van der Waals surface area contributed by atoms with E-state index in [1.54, 1.807) is 24.3 Å². The molecule has 0 aliphatic carbocycles. The molecule has 0 saturated carbocycles. The summed E-state index contributed by atoms with van der Waals surface area (Å²) >= 11 is 4.70. The highest BCUT2D eigenvalue weighted by atomic mass is 32.1. The Labute approximate surface area is 131 Å². The molecule has 2 amide bonds. The van der Waals surface area contributed by atoms with Crippen LogP contribution in [0.3, 0.4) is 0 Å². The maximum absolute atomic E-state index is 11.7. The van der Waals surface area contributed by atoms with Crippen molar-refractivity contribution in [3.05, 3.63) is 35.4 Å². The van der Waals surface area contributed by atoms with Crippen LogP contribution in [0.2, 0.25) is 0 Å². The molecule has 0 bridgehead atoms. The van der Waals surface area contributed by atoms with E-state index in [2.05, 4.69) is 10.6 Å². The van der Waals surface area contributed by atoms with Crippen molar-refractivity contribution >= 4 is 41.2 Å². The number of carbonyl (C=O) groups excluding carboxylic acids is 2. The maximum atomic E-state index is 11.7. The highest BCUT2D eigenvalue weighted by Crippen LogP contribution is 2.16. The Morgan fingerprint density at radius 1 is 1.23 bits per heavy atom. The third-order valence-corrected chi connectivity index (χ3v) is 3.00. The Bertz CT molecular complexity index is 659. The second-order valence-corrected chi connectivity index (χ2v) is 4.87. The molecule has 0 aromatic heterocycles. The van der Waals surface area contributed by atoms with Gasteiger partial charge in [-0.25, -0.2) is 4.79 Å². The number of hydrogen-bond donors (Lipinski definition) is 3. The molecule has 0 radical (unpaired) electrons. The molecule has 1 aliphatic heterocycles. The molecule has 1 aromatic rings. The quantitative estimate of drug-likeness (QED) is 0.423. The van der Waals surface area contributed by atoms with Gasteiger partial charge in [-0.05, 0) is 42.9 Å². The smallest absolute Gasteiger partial charge is 0.344 e. The van der Waals surface area contributed by atoms with Crippen LogP contribution in [0, 0.1) is 0 Å². The second-order valence-electron chi connectivity index (χ2n) is 4.46. The van der Waals surface area contributed by atoms with E-state index in [9.17, 15) is 14.4 Å². The number of carbonyl (C=O) groups is 3. The standard InChI is InChI=1S/C14H12N2O5S/c1-7(13(19)20)21-9-4-2-8(3-5-9)6-10-11(17)15-14(22)16-12(10)18/h2-7H,1H3,(H,19,20)(H2,15,16,17,18,22)/t7-/m0/s1. The lowest BCUT2D eigenvalue weighted by atomic mass is 10.1. The highest BCUT2D eigenvalue weighted by molar-refractivity contribution is 7.80. The molecule has 2 rings (SSSR count). The van der Waals surface area contributed by atoms with Crippen LogP contribution in [0.4, 0.5) is 0 Å². The first kappa shape index (κ1) is 15.6. The molecule has 1 heterocycles. The Morgan fingerprint density at radius 3 is 2.27 bits per heavy atom. The first-order chi connectivity index (χ1) is 10.4. The van der Waals surface area contributed by atoms with Crippen LogP contribution in [0.25, 0.3) is 6.08 Å². The maximum Gasteiger partial charge on any atom is 0.344 e. The largest absolute Gasteiger partial charge is 0.479 e. The third kappa shape index (κ3) is 3.67. The number of thiocarbonyl (C=S) groups is 1. The number of rotatable bonds is 4. The Balaban J connectivity index is 2.15. The fourth-order valence-electron chi connectivity index (χ4n) is 1.67. The summed E-state index contributed by atoms with van der Waals surface area (Å²) in [5.74, 6) is -1.85. The van der Waals surface area contributed by atoms with Gasteiger partial charge in [0.2, 0.25) is 0 Å². The van der Waals surface area contributed by atoms with Crippen molar-refractivity contribution in [2.45, 2.75) is 13.0 Å². The molecular weight excluding hydrogens is 308 g/mol. The Hall–Kier alpha value is -2.74. The fraction of sp³-hybridized carbons (Fsp3) is 0.143. The predicted molar refractivity (Wildman–Crippen MR) is 81.0 cm³/mol. The SMILES string of the molecule is C[C@H](Oc1ccc(C=C2C(=O)NC(=S)NC2=O)cc1)C(=O)O. The van der Waals surface area contributed by atoms with Gasteiger partial charge in [-0.3, -0.25) is 20.2 Å². The van der Waals surface area contributed by atoms with Crippen LogP contribution in [0.5, 0.6) is 5.75 Å². The van der Waals surface area contributed by atoms with E-state index in [1.807, 2.05) is 0 Å². The van der Waals surface area contributed by atoms with Crippen molar-refractivity contribution in [1.29, 1.82) is 0 Å². The highest BCUT2D eigenvalue weighted by Gasteiger charge is 2.25. The molecule has 1 fully saturated rings. The first-order valence-corrected chi connectivity index (χ1v) is 6.65. The van der Waals surface area contributed by atoms with E-state index >= 15 is 0 Å². The summed E-state index contributed by atoms with van der Waals surface area (Å²) in [7, 11) is 0. The minimum Gasteiger partial charge on any atom is -0.479 e. The average Bonchev–Trinajstić information content (AvgIpc) is 2.44. The molecule has 114 valence electrons. The Kier molecular flexibility index (Phi) is 4.52. The van der Waals surface area contributed by atoms with E-state index in [4.69, 9.17) is 22.1 Å². The summed E-state index contributed by atoms with van der Waals surface area (Å²) in [5, 5.41) is 13.4. The Morgan fingerprint density at radius 2 is 1.77 bits per heavy atom. The van der Waals surface area contributed by atoms with E-state index < -0.39 is 23.9 Å². The molecule has 1 aliphatic rings. The zero-order valence-corrected chi connectivity index (χ0v) is 12.3. The predicted octanol–water partition coefficient (Wildman–Crippen LogP) is 0.453. The van der Waals surface area contributed by atoms with Gasteiger partial charge in [-0.1, -0.05) is 12.1 Å². The zero-order chi connectivity index (χ0) is 16.3. The van der Waals surface area contributed by atoms with Gasteiger partial charge in [0, 0.05) is 0 Å². The van der Waals surface area contributed by atoms with Gasteiger partial charge in [0.25, 0.3) is 11.8 Å². The van der Waals surface area contributed by atoms with Crippen molar-refractivity contribution in [3.63, 3.8) is 0 Å². The van der Waals surface area contributed by atoms with Crippen LogP contribution < -0.4 is 15.4 Å². The summed E-state index contributed by atoms with van der Waals surface area (Å²) in [6.45, 7) is 1.41. The minimum atomic E-state index is -1.07. The van der Waals surface area contributed by atoms with Gasteiger partial charge in [0.1, 0.15) is 11.3 Å². The average molecular weight is 320 g/mol. The molecule has 0 unspecified atom stereocenters. The zero-order valence-electron chi connectivity index (χ0n) is 11.5. The lowest BCUT2D eigenvalue weighted by Crippen LogP contribution is -2.51. The monoisotopic (exact) mass is 320 g/mol. The molecule has 7 nitrogen and oxygen atoms in total. The molecule has 22 heavy (non-hydrogen) atoms. The normalized spacial score (nSPS) is 15.7. The molecular formula is C14H12N2O5S. The number of nitrogens with one attached hydrogen (secondary N) is 2. The number of carboxylic acids is 1. The lowest BCUT2D eigenvalue weighted by molar-refractivity contribution is -0.144. The third-order valence-electron chi connectivity index (χ3n) is 2.80. The lowest BCUT2D eigenvalue weighted by Gasteiger charge is -2.16. The van der Waals surface area contributed by atoms with E-state index in [-0.39, 0.29) is 10.7 Å². The number of ether oxygens (including phenoxy) is 1. The van der Waals surface area contributed by atoms with E-state index in [0.717, 1.165) is 0 Å². The van der Waals surface area contributed by atoms with Gasteiger partial charge < -0.3 is 9.84 Å². The van der Waals surface area contributed by atoms with Gasteiger partial charge in [-0.15, -0.1) is 0 Å². The van der Waals surface area contributed by atoms with Crippen molar-refractivity contribution in [2.24, 2.45) is 0 Å². The topological polar surface area (TPSA) is 105 Å². The minimum absolute atomic E-state index is 0.0291. The number of hydrogen-bond acceptors (Lipinski definition) is 5. The number of benzene rings is 1. The van der Waals surface area contributed by atoms with Gasteiger partial charge in [0.15, 0.2) is 11.2 Å². The van der Waals surface area contributed by atoms with Gasteiger partial charge in [0.05, 0.1) is 0 Å². The van der Waals surface area contributed by atoms with Crippen molar-refractivity contribution in [3.8, 4) is 5.75 Å². The van der Waals surface area contributed by atoms with Crippen LogP contribution in [-0.2, 0) is 14.4 Å². The van der Waals surface area contributed by atoms with Gasteiger partial charge in [-0.2, -0.15) is 0 Å².